The first-order valence-electron chi connectivity index (χ1n) is 16.3. The number of piperidine rings is 1. The molecule has 2 atom stereocenters. The van der Waals surface area contributed by atoms with Gasteiger partial charge in [0.2, 0.25) is 5.91 Å². The maximum Gasteiger partial charge on any atom is 0.411 e. The second-order valence-electron chi connectivity index (χ2n) is 13.3. The van der Waals surface area contributed by atoms with Crippen LogP contribution < -0.4 is 10.6 Å². The summed E-state index contributed by atoms with van der Waals surface area (Å²) < 4.78 is 11.3. The van der Waals surface area contributed by atoms with Gasteiger partial charge in [-0.3, -0.25) is 14.5 Å². The van der Waals surface area contributed by atoms with E-state index < -0.39 is 17.7 Å². The summed E-state index contributed by atoms with van der Waals surface area (Å²) >= 11 is 2.86. The minimum absolute atomic E-state index is 0.0663. The molecular formula is C35H41N5O6S2. The minimum atomic E-state index is -0.760. The van der Waals surface area contributed by atoms with Crippen LogP contribution in [0.25, 0.3) is 11.3 Å². The van der Waals surface area contributed by atoms with E-state index >= 15 is 0 Å². The number of ether oxygens (including phenoxy) is 2. The van der Waals surface area contributed by atoms with E-state index in [1.807, 2.05) is 68.6 Å². The fraction of sp³-hybridized carbons (Fsp3) is 0.457. The Bertz CT molecular complexity index is 1610. The molecule has 3 aliphatic rings. The van der Waals surface area contributed by atoms with Gasteiger partial charge in [0.15, 0.2) is 5.13 Å². The number of hydrogen-bond acceptors (Lipinski definition) is 9. The zero-order valence-electron chi connectivity index (χ0n) is 27.3. The van der Waals surface area contributed by atoms with Crippen molar-refractivity contribution >= 4 is 52.2 Å². The first kappa shape index (κ1) is 33.8. The Labute approximate surface area is 288 Å². The van der Waals surface area contributed by atoms with Crippen molar-refractivity contribution in [3.05, 3.63) is 71.1 Å². The summed E-state index contributed by atoms with van der Waals surface area (Å²) in [5, 5.41) is 7.90. The van der Waals surface area contributed by atoms with Gasteiger partial charge in [0.25, 0.3) is 5.91 Å². The number of carbonyl (C=O) groups is 4. The lowest BCUT2D eigenvalue weighted by Crippen LogP contribution is -2.51. The molecule has 3 fully saturated rings. The van der Waals surface area contributed by atoms with Gasteiger partial charge in [-0.2, -0.15) is 0 Å². The molecule has 2 aromatic carbocycles. The molecule has 1 saturated carbocycles. The number of nitrogens with one attached hydrogen (secondary N) is 2. The van der Waals surface area contributed by atoms with Gasteiger partial charge in [-0.05, 0) is 70.1 Å². The van der Waals surface area contributed by atoms with Crippen LogP contribution in [0.5, 0.6) is 0 Å². The molecule has 254 valence electrons. The summed E-state index contributed by atoms with van der Waals surface area (Å²) in [5.41, 5.74) is 2.38. The van der Waals surface area contributed by atoms with Crippen LogP contribution in [0.1, 0.15) is 62.4 Å². The summed E-state index contributed by atoms with van der Waals surface area (Å²) in [5.74, 6) is 0.0621. The van der Waals surface area contributed by atoms with Crippen molar-refractivity contribution in [2.24, 2.45) is 5.92 Å². The average molecular weight is 692 g/mol. The number of carbonyl (C=O) groups excluding carboxylic acids is 4. The van der Waals surface area contributed by atoms with Crippen LogP contribution in [-0.2, 0) is 20.9 Å². The van der Waals surface area contributed by atoms with Gasteiger partial charge in [0.1, 0.15) is 18.2 Å². The highest BCUT2D eigenvalue weighted by Crippen LogP contribution is 2.40. The topological polar surface area (TPSA) is 130 Å². The second kappa shape index (κ2) is 14.6. The molecule has 3 aromatic rings. The molecule has 0 radical (unpaired) electrons. The van der Waals surface area contributed by atoms with E-state index in [2.05, 4.69) is 15.6 Å². The zero-order valence-corrected chi connectivity index (χ0v) is 29.0. The molecule has 4 amide bonds. The number of amides is 4. The number of thioether (sulfide) groups is 1. The molecule has 1 aromatic heterocycles. The van der Waals surface area contributed by atoms with E-state index in [1.54, 1.807) is 33.7 Å². The van der Waals surface area contributed by atoms with Gasteiger partial charge in [-0.25, -0.2) is 14.6 Å². The summed E-state index contributed by atoms with van der Waals surface area (Å²) in [6, 6.07) is 16.2. The molecule has 13 heteroatoms. The second-order valence-corrected chi connectivity index (χ2v) is 15.4. The van der Waals surface area contributed by atoms with Gasteiger partial charge in [-0.1, -0.05) is 42.5 Å². The Morgan fingerprint density at radius 2 is 1.65 bits per heavy atom. The van der Waals surface area contributed by atoms with Crippen LogP contribution >= 0.6 is 23.1 Å². The van der Waals surface area contributed by atoms with Crippen molar-refractivity contribution in [1.82, 2.24) is 20.1 Å². The molecule has 3 heterocycles. The lowest BCUT2D eigenvalue weighted by Gasteiger charge is -2.38. The van der Waals surface area contributed by atoms with Crippen LogP contribution in [0, 0.1) is 5.92 Å². The largest absolute Gasteiger partial charge is 0.445 e. The summed E-state index contributed by atoms with van der Waals surface area (Å²) in [4.78, 5) is 60.4. The lowest BCUT2D eigenvalue weighted by molar-refractivity contribution is -0.120. The molecule has 2 N–H and O–H groups in total. The number of benzene rings is 2. The first-order valence-corrected chi connectivity index (χ1v) is 18.2. The zero-order chi connectivity index (χ0) is 33.8. The molecule has 2 aliphatic heterocycles. The molecule has 6 rings (SSSR count). The van der Waals surface area contributed by atoms with Crippen LogP contribution in [0.3, 0.4) is 0 Å². The van der Waals surface area contributed by atoms with Gasteiger partial charge in [-0.15, -0.1) is 23.1 Å². The maximum absolute atomic E-state index is 13.7. The Balaban J connectivity index is 1.12. The molecule has 2 unspecified atom stereocenters. The van der Waals surface area contributed by atoms with Crippen LogP contribution in [-0.4, -0.2) is 80.7 Å². The van der Waals surface area contributed by atoms with E-state index in [9.17, 15) is 19.2 Å². The van der Waals surface area contributed by atoms with E-state index in [0.717, 1.165) is 24.0 Å². The summed E-state index contributed by atoms with van der Waals surface area (Å²) in [6.45, 7) is 6.65. The smallest absolute Gasteiger partial charge is 0.411 e. The summed E-state index contributed by atoms with van der Waals surface area (Å²) in [7, 11) is 0. The highest BCUT2D eigenvalue weighted by molar-refractivity contribution is 8.00. The monoisotopic (exact) mass is 691 g/mol. The number of likely N-dealkylation sites (tertiary alicyclic amines) is 1. The Morgan fingerprint density at radius 3 is 2.31 bits per heavy atom. The molecule has 0 bridgehead atoms. The van der Waals surface area contributed by atoms with Gasteiger partial charge < -0.3 is 25.0 Å². The average Bonchev–Trinajstić information content (AvgIpc) is 3.57. The highest BCUT2D eigenvalue weighted by atomic mass is 32.2. The first-order chi connectivity index (χ1) is 23.0. The number of nitrogens with zero attached hydrogens (tertiary/aromatic N) is 3. The standard InChI is InChI=1S/C35H41N5O6S2/c1-35(2,3)46-33(43)39-17-15-25(16-18-39)31-40(34(44)45-19-22-7-5-4-6-8-22)28(21-47-31)30(42)38-32-37-27(20-48-32)23-9-11-24(12-10-23)29(41)36-26-13-14-26/h4-12,20,25-26,28,31H,13-19,21H2,1-3H3,(H,36,41)(H,37,38,42). The van der Waals surface area contributed by atoms with Crippen molar-refractivity contribution in [3.8, 4) is 11.3 Å². The SMILES string of the molecule is CC(C)(C)OC(=O)N1CCC(C2SCC(C(=O)Nc3nc(-c4ccc(C(=O)NC5CC5)cc4)cs3)N2C(=O)OCc2ccccc2)CC1. The Kier molecular flexibility index (Phi) is 10.3. The van der Waals surface area contributed by atoms with Crippen molar-refractivity contribution in [2.45, 2.75) is 76.1 Å². The lowest BCUT2D eigenvalue weighted by atomic mass is 9.95. The Hall–Kier alpha value is -4.10. The van der Waals surface area contributed by atoms with Crippen molar-refractivity contribution in [1.29, 1.82) is 0 Å². The van der Waals surface area contributed by atoms with E-state index in [1.165, 1.54) is 11.3 Å². The predicted octanol–water partition coefficient (Wildman–Crippen LogP) is 6.37. The number of thiazole rings is 1. The van der Waals surface area contributed by atoms with Crippen LogP contribution in [0.15, 0.2) is 60.0 Å². The van der Waals surface area contributed by atoms with Crippen molar-refractivity contribution < 1.29 is 28.7 Å². The number of anilines is 1. The third-order valence-corrected chi connectivity index (χ3v) is 10.7. The molecular weight excluding hydrogens is 651 g/mol. The Morgan fingerprint density at radius 1 is 0.938 bits per heavy atom. The van der Waals surface area contributed by atoms with Gasteiger partial charge >= 0.3 is 12.2 Å². The summed E-state index contributed by atoms with van der Waals surface area (Å²) in [6.07, 6.45) is 2.51. The molecule has 2 saturated heterocycles. The predicted molar refractivity (Wildman–Crippen MR) is 186 cm³/mol. The molecule has 0 spiro atoms. The molecule has 11 nitrogen and oxygen atoms in total. The number of aromatic nitrogens is 1. The molecule has 1 aliphatic carbocycles. The fourth-order valence-corrected chi connectivity index (χ4v) is 8.10. The normalized spacial score (nSPS) is 19.9. The fourth-order valence-electron chi connectivity index (χ4n) is 5.75. The van der Waals surface area contributed by atoms with Crippen molar-refractivity contribution in [2.75, 3.05) is 24.2 Å². The van der Waals surface area contributed by atoms with Gasteiger partial charge in [0.05, 0.1) is 11.1 Å². The highest BCUT2D eigenvalue weighted by Gasteiger charge is 2.47. The van der Waals surface area contributed by atoms with Crippen LogP contribution in [0.2, 0.25) is 0 Å². The molecule has 48 heavy (non-hydrogen) atoms. The number of rotatable bonds is 8. The van der Waals surface area contributed by atoms with Gasteiger partial charge in [0, 0.05) is 41.4 Å². The van der Waals surface area contributed by atoms with Crippen LogP contribution in [0.4, 0.5) is 14.7 Å². The quantitative estimate of drug-likeness (QED) is 0.279. The maximum atomic E-state index is 13.7. The van der Waals surface area contributed by atoms with E-state index in [4.69, 9.17) is 9.47 Å². The van der Waals surface area contributed by atoms with E-state index in [-0.39, 0.29) is 41.8 Å². The number of hydrogen-bond donors (Lipinski definition) is 2. The van der Waals surface area contributed by atoms with Crippen molar-refractivity contribution in [3.63, 3.8) is 0 Å². The third-order valence-electron chi connectivity index (χ3n) is 8.44. The third kappa shape index (κ3) is 8.48. The minimum Gasteiger partial charge on any atom is -0.445 e. The van der Waals surface area contributed by atoms with E-state index in [0.29, 0.717) is 48.1 Å².